The zero-order valence-electron chi connectivity index (χ0n) is 18.0. The lowest BCUT2D eigenvalue weighted by molar-refractivity contribution is -0.137. The predicted molar refractivity (Wildman–Crippen MR) is 121 cm³/mol. The molecule has 0 unspecified atom stereocenters. The molecule has 1 aliphatic rings. The predicted octanol–water partition coefficient (Wildman–Crippen LogP) is 3.56. The summed E-state index contributed by atoms with van der Waals surface area (Å²) in [5, 5.41) is 8.58. The minimum Gasteiger partial charge on any atom is -0.382 e. The zero-order valence-corrected chi connectivity index (χ0v) is 18.7. The molecule has 0 radical (unpaired) electrons. The number of carbonyl (C=O) groups is 1. The summed E-state index contributed by atoms with van der Waals surface area (Å²) in [6, 6.07) is 9.51. The Bertz CT molecular complexity index is 1020. The van der Waals surface area contributed by atoms with Crippen LogP contribution in [0.5, 0.6) is 0 Å². The second-order valence-corrected chi connectivity index (χ2v) is 8.10. The number of methoxy groups -OCH3 is 1. The fraction of sp³-hybridized carbons (Fsp3) is 0.391. The number of piperidine rings is 1. The third kappa shape index (κ3) is 5.15. The molecular formula is C23H26ClN5O3. The first-order valence-electron chi connectivity index (χ1n) is 10.6. The third-order valence-electron chi connectivity index (χ3n) is 5.66. The van der Waals surface area contributed by atoms with E-state index in [1.807, 2.05) is 35.2 Å². The Kier molecular flexibility index (Phi) is 7.47. The number of hydrogen-bond acceptors (Lipinski definition) is 6. The highest BCUT2D eigenvalue weighted by Crippen LogP contribution is 2.39. The van der Waals surface area contributed by atoms with Gasteiger partial charge in [-0.1, -0.05) is 23.7 Å². The van der Waals surface area contributed by atoms with Crippen molar-refractivity contribution in [1.29, 1.82) is 0 Å². The number of hydrogen-bond donors (Lipinski definition) is 1. The van der Waals surface area contributed by atoms with E-state index in [4.69, 9.17) is 21.1 Å². The number of benzene rings is 1. The lowest BCUT2D eigenvalue weighted by atomic mass is 9.89. The van der Waals surface area contributed by atoms with Crippen molar-refractivity contribution >= 4 is 17.5 Å². The van der Waals surface area contributed by atoms with Crippen LogP contribution in [-0.4, -0.2) is 71.0 Å². The summed E-state index contributed by atoms with van der Waals surface area (Å²) in [4.78, 5) is 22.8. The Labute approximate surface area is 191 Å². The quantitative estimate of drug-likeness (QED) is 0.522. The normalized spacial score (nSPS) is 14.6. The van der Waals surface area contributed by atoms with Crippen LogP contribution in [0.1, 0.15) is 24.5 Å². The largest absolute Gasteiger partial charge is 0.382 e. The average molecular weight is 456 g/mol. The van der Waals surface area contributed by atoms with E-state index < -0.39 is 0 Å². The van der Waals surface area contributed by atoms with Gasteiger partial charge in [-0.2, -0.15) is 5.10 Å². The summed E-state index contributed by atoms with van der Waals surface area (Å²) in [5.41, 5.74) is 4.63. The molecule has 1 fully saturated rings. The number of aromatic nitrogens is 4. The Morgan fingerprint density at radius 3 is 2.66 bits per heavy atom. The van der Waals surface area contributed by atoms with Crippen molar-refractivity contribution in [3.63, 3.8) is 0 Å². The number of H-pyrrole nitrogens is 1. The Balaban J connectivity index is 1.52. The highest BCUT2D eigenvalue weighted by atomic mass is 35.5. The summed E-state index contributed by atoms with van der Waals surface area (Å²) in [6.07, 6.45) is 4.95. The number of halogens is 1. The van der Waals surface area contributed by atoms with Crippen molar-refractivity contribution in [3.8, 4) is 22.5 Å². The Hall–Kier alpha value is -2.81. The van der Waals surface area contributed by atoms with E-state index in [2.05, 4.69) is 20.2 Å². The van der Waals surface area contributed by atoms with Gasteiger partial charge in [-0.25, -0.2) is 9.97 Å². The molecule has 0 saturated carbocycles. The van der Waals surface area contributed by atoms with Gasteiger partial charge in [0.25, 0.3) is 0 Å². The lowest BCUT2D eigenvalue weighted by Crippen LogP contribution is -2.40. The Morgan fingerprint density at radius 2 is 1.97 bits per heavy atom. The van der Waals surface area contributed by atoms with E-state index >= 15 is 0 Å². The maximum atomic E-state index is 12.4. The van der Waals surface area contributed by atoms with Crippen LogP contribution in [0.4, 0.5) is 0 Å². The van der Waals surface area contributed by atoms with E-state index in [-0.39, 0.29) is 18.4 Å². The number of nitrogens with one attached hydrogen (secondary N) is 1. The topological polar surface area (TPSA) is 93.2 Å². The number of ether oxygens (including phenoxy) is 2. The molecule has 2 aromatic heterocycles. The molecule has 0 aliphatic carbocycles. The number of amides is 1. The molecule has 32 heavy (non-hydrogen) atoms. The van der Waals surface area contributed by atoms with Gasteiger partial charge in [-0.05, 0) is 31.0 Å². The van der Waals surface area contributed by atoms with Crippen molar-refractivity contribution in [2.24, 2.45) is 0 Å². The number of aromatic amines is 1. The first-order valence-corrected chi connectivity index (χ1v) is 11.0. The second-order valence-electron chi connectivity index (χ2n) is 7.66. The molecule has 1 aliphatic heterocycles. The minimum atomic E-state index is 0.0158. The fourth-order valence-corrected chi connectivity index (χ4v) is 4.10. The van der Waals surface area contributed by atoms with Gasteiger partial charge in [-0.15, -0.1) is 0 Å². The van der Waals surface area contributed by atoms with Gasteiger partial charge in [0.1, 0.15) is 18.6 Å². The molecule has 8 nitrogen and oxygen atoms in total. The average Bonchev–Trinajstić information content (AvgIpc) is 3.28. The van der Waals surface area contributed by atoms with Gasteiger partial charge < -0.3 is 14.4 Å². The van der Waals surface area contributed by atoms with Gasteiger partial charge in [-0.3, -0.25) is 9.89 Å². The third-order valence-corrected chi connectivity index (χ3v) is 5.92. The van der Waals surface area contributed by atoms with Crippen LogP contribution in [0.25, 0.3) is 22.5 Å². The molecule has 0 bridgehead atoms. The molecule has 168 valence electrons. The number of carbonyl (C=O) groups excluding carboxylic acids is 1. The maximum absolute atomic E-state index is 12.4. The molecule has 1 amide bonds. The van der Waals surface area contributed by atoms with E-state index in [1.54, 1.807) is 19.6 Å². The maximum Gasteiger partial charge on any atom is 0.248 e. The van der Waals surface area contributed by atoms with Crippen LogP contribution in [0, 0.1) is 0 Å². The van der Waals surface area contributed by atoms with Gasteiger partial charge >= 0.3 is 0 Å². The van der Waals surface area contributed by atoms with E-state index in [0.29, 0.717) is 31.3 Å². The second kappa shape index (κ2) is 10.7. The Morgan fingerprint density at radius 1 is 1.19 bits per heavy atom. The monoisotopic (exact) mass is 455 g/mol. The van der Waals surface area contributed by atoms with Crippen molar-refractivity contribution in [3.05, 3.63) is 53.6 Å². The molecule has 3 heterocycles. The molecule has 3 aromatic rings. The lowest BCUT2D eigenvalue weighted by Gasteiger charge is -2.32. The smallest absolute Gasteiger partial charge is 0.248 e. The summed E-state index contributed by atoms with van der Waals surface area (Å²) in [6.45, 7) is 2.34. The van der Waals surface area contributed by atoms with E-state index in [0.717, 1.165) is 41.1 Å². The van der Waals surface area contributed by atoms with Crippen LogP contribution in [-0.2, 0) is 14.3 Å². The van der Waals surface area contributed by atoms with Gasteiger partial charge in [0.2, 0.25) is 5.91 Å². The zero-order chi connectivity index (χ0) is 22.3. The van der Waals surface area contributed by atoms with Gasteiger partial charge in [0, 0.05) is 54.2 Å². The number of rotatable bonds is 8. The summed E-state index contributed by atoms with van der Waals surface area (Å²) in [7, 11) is 1.61. The molecule has 4 rings (SSSR count). The summed E-state index contributed by atoms with van der Waals surface area (Å²) < 4.78 is 10.3. The van der Waals surface area contributed by atoms with E-state index in [1.165, 1.54) is 0 Å². The van der Waals surface area contributed by atoms with Crippen molar-refractivity contribution in [1.82, 2.24) is 25.1 Å². The first-order chi connectivity index (χ1) is 15.7. The van der Waals surface area contributed by atoms with Crippen molar-refractivity contribution in [2.45, 2.75) is 18.8 Å². The molecular weight excluding hydrogens is 430 g/mol. The first kappa shape index (κ1) is 22.4. The van der Waals surface area contributed by atoms with Gasteiger partial charge in [0.05, 0.1) is 18.9 Å². The highest BCUT2D eigenvalue weighted by molar-refractivity contribution is 6.30. The van der Waals surface area contributed by atoms with Gasteiger partial charge in [0.15, 0.2) is 0 Å². The molecule has 1 saturated heterocycles. The van der Waals surface area contributed by atoms with Crippen LogP contribution < -0.4 is 0 Å². The SMILES string of the molecule is COCCOCC(=O)N1CCC(c2[nH]nc(-c3ccc(Cl)cc3)c2-c2ccncn2)CC1. The minimum absolute atomic E-state index is 0.0158. The number of likely N-dealkylation sites (tertiary alicyclic amines) is 1. The molecule has 0 atom stereocenters. The molecule has 1 N–H and O–H groups in total. The molecule has 9 heteroatoms. The summed E-state index contributed by atoms with van der Waals surface area (Å²) in [5.74, 6) is 0.258. The molecule has 1 aromatic carbocycles. The van der Waals surface area contributed by atoms with Crippen LogP contribution >= 0.6 is 11.6 Å². The van der Waals surface area contributed by atoms with Crippen LogP contribution in [0.2, 0.25) is 5.02 Å². The van der Waals surface area contributed by atoms with Crippen LogP contribution in [0.15, 0.2) is 42.9 Å². The molecule has 0 spiro atoms. The standard InChI is InChI=1S/C23H26ClN5O3/c1-31-12-13-32-14-20(30)29-10-7-17(8-11-29)23-21(19-6-9-25-15-26-19)22(27-28-23)16-2-4-18(24)5-3-16/h2-6,9,15,17H,7-8,10-14H2,1H3,(H,27,28). The number of nitrogens with zero attached hydrogens (tertiary/aromatic N) is 4. The van der Waals surface area contributed by atoms with E-state index in [9.17, 15) is 4.79 Å². The highest BCUT2D eigenvalue weighted by Gasteiger charge is 2.29. The van der Waals surface area contributed by atoms with Crippen molar-refractivity contribution in [2.75, 3.05) is 40.0 Å². The van der Waals surface area contributed by atoms with Crippen molar-refractivity contribution < 1.29 is 14.3 Å². The van der Waals surface area contributed by atoms with Crippen LogP contribution in [0.3, 0.4) is 0 Å². The fourth-order valence-electron chi connectivity index (χ4n) is 3.98. The summed E-state index contributed by atoms with van der Waals surface area (Å²) >= 11 is 6.07.